The highest BCUT2D eigenvalue weighted by atomic mass is 19.1. The standard InChI is InChI=1S/C8H10F2O.C2H6/c1-5(2)4-7(10)8(11)6(3)9;1-2/h4,11H,3H2,1-2H3;1-2H3/b8-7-;. The Bertz CT molecular complexity index is 223. The Kier molecular flexibility index (Phi) is 8.34. The highest BCUT2D eigenvalue weighted by Crippen LogP contribution is 2.14. The first-order valence-corrected chi connectivity index (χ1v) is 4.03. The molecule has 0 unspecified atom stereocenters. The van der Waals surface area contributed by atoms with Crippen LogP contribution in [0.5, 0.6) is 0 Å². The third kappa shape index (κ3) is 7.25. The van der Waals surface area contributed by atoms with E-state index in [1.54, 1.807) is 13.8 Å². The van der Waals surface area contributed by atoms with Gasteiger partial charge >= 0.3 is 0 Å². The zero-order chi connectivity index (χ0) is 11.0. The van der Waals surface area contributed by atoms with Crippen molar-refractivity contribution < 1.29 is 13.9 Å². The van der Waals surface area contributed by atoms with Crippen molar-refractivity contribution >= 4 is 0 Å². The fraction of sp³-hybridized carbons (Fsp3) is 0.400. The first-order chi connectivity index (χ1) is 5.95. The van der Waals surface area contributed by atoms with E-state index in [-0.39, 0.29) is 0 Å². The molecule has 0 rings (SSSR count). The molecule has 0 bridgehead atoms. The third-order valence-electron chi connectivity index (χ3n) is 0.899. The quantitative estimate of drug-likeness (QED) is 0.511. The monoisotopic (exact) mass is 190 g/mol. The van der Waals surface area contributed by atoms with Crippen LogP contribution in [0.3, 0.4) is 0 Å². The van der Waals surface area contributed by atoms with Gasteiger partial charge in [0.1, 0.15) is 0 Å². The van der Waals surface area contributed by atoms with Crippen molar-refractivity contribution in [1.29, 1.82) is 0 Å². The van der Waals surface area contributed by atoms with E-state index in [9.17, 15) is 8.78 Å². The van der Waals surface area contributed by atoms with Crippen LogP contribution in [0.25, 0.3) is 0 Å². The van der Waals surface area contributed by atoms with Gasteiger partial charge in [-0.25, -0.2) is 8.78 Å². The number of aliphatic hydroxyl groups is 1. The van der Waals surface area contributed by atoms with E-state index in [0.29, 0.717) is 5.57 Å². The highest BCUT2D eigenvalue weighted by Gasteiger charge is 2.04. The summed E-state index contributed by atoms with van der Waals surface area (Å²) < 4.78 is 24.6. The fourth-order valence-electron chi connectivity index (χ4n) is 0.451. The number of hydrogen-bond donors (Lipinski definition) is 1. The van der Waals surface area contributed by atoms with Crippen LogP contribution in [0.2, 0.25) is 0 Å². The van der Waals surface area contributed by atoms with E-state index in [1.165, 1.54) is 0 Å². The Morgan fingerprint density at radius 2 is 1.62 bits per heavy atom. The summed E-state index contributed by atoms with van der Waals surface area (Å²) in [6.07, 6.45) is 1.03. The number of hydrogen-bond acceptors (Lipinski definition) is 1. The summed E-state index contributed by atoms with van der Waals surface area (Å²) in [5.74, 6) is -3.20. The summed E-state index contributed by atoms with van der Waals surface area (Å²) in [6.45, 7) is 10.0. The molecule has 0 atom stereocenters. The molecule has 0 amide bonds. The Morgan fingerprint density at radius 3 is 1.85 bits per heavy atom. The van der Waals surface area contributed by atoms with Crippen LogP contribution >= 0.6 is 0 Å². The van der Waals surface area contributed by atoms with Crippen LogP contribution < -0.4 is 0 Å². The molecule has 0 aromatic carbocycles. The molecule has 0 aliphatic heterocycles. The Balaban J connectivity index is 0. The van der Waals surface area contributed by atoms with Crippen LogP contribution in [0.4, 0.5) is 8.78 Å². The Labute approximate surface area is 78.1 Å². The van der Waals surface area contributed by atoms with E-state index in [2.05, 4.69) is 6.58 Å². The largest absolute Gasteiger partial charge is 0.503 e. The molecule has 0 spiro atoms. The van der Waals surface area contributed by atoms with Crippen molar-refractivity contribution in [2.45, 2.75) is 27.7 Å². The maximum absolute atomic E-state index is 12.6. The minimum Gasteiger partial charge on any atom is -0.503 e. The molecule has 76 valence electrons. The van der Waals surface area contributed by atoms with Crippen LogP contribution in [0.1, 0.15) is 27.7 Å². The molecule has 0 aliphatic carbocycles. The number of aliphatic hydroxyl groups excluding tert-OH is 1. The molecule has 1 N–H and O–H groups in total. The van der Waals surface area contributed by atoms with Gasteiger partial charge in [-0.05, 0) is 19.9 Å². The lowest BCUT2D eigenvalue weighted by atomic mass is 10.3. The van der Waals surface area contributed by atoms with Crippen LogP contribution in [0, 0.1) is 0 Å². The molecular weight excluding hydrogens is 174 g/mol. The minimum absolute atomic E-state index is 0.635. The zero-order valence-electron chi connectivity index (χ0n) is 8.49. The lowest BCUT2D eigenvalue weighted by molar-refractivity contribution is 0.367. The predicted octanol–water partition coefficient (Wildman–Crippen LogP) is 4.20. The number of rotatable bonds is 2. The average Bonchev–Trinajstić information content (AvgIpc) is 2.05. The molecule has 3 heteroatoms. The SMILES string of the molecule is C=C(F)/C(O)=C(/F)C=C(C)C.CC. The molecule has 0 saturated carbocycles. The molecule has 0 saturated heterocycles. The summed E-state index contributed by atoms with van der Waals surface area (Å²) in [4.78, 5) is 0. The first-order valence-electron chi connectivity index (χ1n) is 4.03. The number of halogens is 2. The molecule has 0 aromatic rings. The predicted molar refractivity (Wildman–Crippen MR) is 51.8 cm³/mol. The first kappa shape index (κ1) is 14.4. The van der Waals surface area contributed by atoms with Gasteiger partial charge in [-0.15, -0.1) is 0 Å². The lowest BCUT2D eigenvalue weighted by Crippen LogP contribution is -1.83. The van der Waals surface area contributed by atoms with E-state index < -0.39 is 17.4 Å². The Hall–Kier alpha value is -1.12. The molecular formula is C10H16F2O. The van der Waals surface area contributed by atoms with Gasteiger partial charge in [0.25, 0.3) is 0 Å². The molecule has 0 aliphatic rings. The molecule has 0 heterocycles. The normalized spacial score (nSPS) is 10.6. The van der Waals surface area contributed by atoms with Crippen LogP contribution in [-0.4, -0.2) is 5.11 Å². The fourth-order valence-corrected chi connectivity index (χ4v) is 0.451. The maximum atomic E-state index is 12.6. The second kappa shape index (κ2) is 7.53. The van der Waals surface area contributed by atoms with Gasteiger partial charge in [0.05, 0.1) is 0 Å². The molecule has 0 radical (unpaired) electrons. The zero-order valence-corrected chi connectivity index (χ0v) is 8.49. The van der Waals surface area contributed by atoms with Crippen LogP contribution in [-0.2, 0) is 0 Å². The lowest BCUT2D eigenvalue weighted by Gasteiger charge is -1.94. The third-order valence-corrected chi connectivity index (χ3v) is 0.899. The molecule has 0 aromatic heterocycles. The Morgan fingerprint density at radius 1 is 1.23 bits per heavy atom. The second-order valence-corrected chi connectivity index (χ2v) is 2.32. The second-order valence-electron chi connectivity index (χ2n) is 2.32. The van der Waals surface area contributed by atoms with Crippen molar-refractivity contribution in [3.05, 3.63) is 35.6 Å². The summed E-state index contributed by atoms with van der Waals surface area (Å²) in [6, 6.07) is 0. The van der Waals surface area contributed by atoms with Crippen molar-refractivity contribution in [3.8, 4) is 0 Å². The topological polar surface area (TPSA) is 20.2 Å². The molecule has 13 heavy (non-hydrogen) atoms. The summed E-state index contributed by atoms with van der Waals surface area (Å²) in [5, 5.41) is 8.63. The van der Waals surface area contributed by atoms with Crippen molar-refractivity contribution in [3.63, 3.8) is 0 Å². The van der Waals surface area contributed by atoms with Gasteiger partial charge in [-0.1, -0.05) is 26.0 Å². The summed E-state index contributed by atoms with van der Waals surface area (Å²) in [7, 11) is 0. The van der Waals surface area contributed by atoms with E-state index in [0.717, 1.165) is 6.08 Å². The van der Waals surface area contributed by atoms with Crippen LogP contribution in [0.15, 0.2) is 35.6 Å². The van der Waals surface area contributed by atoms with Gasteiger partial charge in [-0.3, -0.25) is 0 Å². The van der Waals surface area contributed by atoms with Gasteiger partial charge in [-0.2, -0.15) is 0 Å². The van der Waals surface area contributed by atoms with E-state index in [1.807, 2.05) is 13.8 Å². The van der Waals surface area contributed by atoms with E-state index in [4.69, 9.17) is 5.11 Å². The maximum Gasteiger partial charge on any atom is 0.187 e. The van der Waals surface area contributed by atoms with Gasteiger partial charge in [0.15, 0.2) is 17.4 Å². The highest BCUT2D eigenvalue weighted by molar-refractivity contribution is 5.27. The van der Waals surface area contributed by atoms with Crippen molar-refractivity contribution in [1.82, 2.24) is 0 Å². The van der Waals surface area contributed by atoms with Crippen molar-refractivity contribution in [2.24, 2.45) is 0 Å². The number of allylic oxidation sites excluding steroid dienone is 4. The molecule has 1 nitrogen and oxygen atoms in total. The van der Waals surface area contributed by atoms with Gasteiger partial charge < -0.3 is 5.11 Å². The smallest absolute Gasteiger partial charge is 0.187 e. The average molecular weight is 190 g/mol. The van der Waals surface area contributed by atoms with E-state index >= 15 is 0 Å². The van der Waals surface area contributed by atoms with Crippen molar-refractivity contribution in [2.75, 3.05) is 0 Å². The minimum atomic E-state index is -1.17. The summed E-state index contributed by atoms with van der Waals surface area (Å²) in [5.41, 5.74) is 0.635. The summed E-state index contributed by atoms with van der Waals surface area (Å²) >= 11 is 0. The molecule has 0 fully saturated rings. The van der Waals surface area contributed by atoms with Gasteiger partial charge in [0, 0.05) is 0 Å². The van der Waals surface area contributed by atoms with Gasteiger partial charge in [0.2, 0.25) is 0 Å².